The third-order valence-corrected chi connectivity index (χ3v) is 3.53. The van der Waals surface area contributed by atoms with E-state index in [1.165, 1.54) is 11.8 Å². The van der Waals surface area contributed by atoms with Crippen molar-refractivity contribution < 1.29 is 14.7 Å². The molecule has 0 radical (unpaired) electrons. The van der Waals surface area contributed by atoms with Crippen LogP contribution in [0.1, 0.15) is 0 Å². The van der Waals surface area contributed by atoms with Crippen LogP contribution in [0.2, 0.25) is 0 Å². The number of carbonyl (C=O) groups excluding carboxylic acids is 1. The number of thioether (sulfide) groups is 1. The van der Waals surface area contributed by atoms with Crippen LogP contribution in [-0.2, 0) is 9.59 Å². The van der Waals surface area contributed by atoms with Crippen LogP contribution >= 0.6 is 11.8 Å². The fraction of sp³-hybridized carbons (Fsp3) is 0.273. The zero-order chi connectivity index (χ0) is 13.1. The van der Waals surface area contributed by atoms with E-state index in [4.69, 9.17) is 10.8 Å². The van der Waals surface area contributed by atoms with Gasteiger partial charge in [-0.1, -0.05) is 0 Å². The Morgan fingerprint density at radius 2 is 2.39 bits per heavy atom. The van der Waals surface area contributed by atoms with Gasteiger partial charge in [-0.25, -0.2) is 0 Å². The molecule has 0 bridgehead atoms. The number of rotatable bonds is 4. The van der Waals surface area contributed by atoms with E-state index in [0.29, 0.717) is 5.75 Å². The number of aliphatic carboxylic acids is 1. The van der Waals surface area contributed by atoms with E-state index in [2.05, 4.69) is 10.6 Å². The highest BCUT2D eigenvalue weighted by Gasteiger charge is 2.16. The van der Waals surface area contributed by atoms with Gasteiger partial charge in [-0.3, -0.25) is 9.59 Å². The molecule has 0 aliphatic carbocycles. The third-order valence-electron chi connectivity index (χ3n) is 2.46. The van der Waals surface area contributed by atoms with Gasteiger partial charge < -0.3 is 21.5 Å². The van der Waals surface area contributed by atoms with Crippen LogP contribution in [-0.4, -0.2) is 35.3 Å². The smallest absolute Gasteiger partial charge is 0.322 e. The fourth-order valence-corrected chi connectivity index (χ4v) is 2.30. The van der Waals surface area contributed by atoms with E-state index in [9.17, 15) is 9.59 Å². The third kappa shape index (κ3) is 2.93. The highest BCUT2D eigenvalue weighted by atomic mass is 32.2. The molecule has 1 aliphatic rings. The second-order valence-electron chi connectivity index (χ2n) is 3.87. The van der Waals surface area contributed by atoms with Gasteiger partial charge in [-0.2, -0.15) is 0 Å². The minimum Gasteiger partial charge on any atom is -0.480 e. The average Bonchev–Trinajstić information content (AvgIpc) is 2.35. The molecule has 0 aromatic heterocycles. The van der Waals surface area contributed by atoms with Crippen LogP contribution < -0.4 is 16.4 Å². The second-order valence-corrected chi connectivity index (χ2v) is 4.89. The average molecular weight is 267 g/mol. The largest absolute Gasteiger partial charge is 0.480 e. The summed E-state index contributed by atoms with van der Waals surface area (Å²) in [7, 11) is 0. The number of carboxylic acids is 1. The zero-order valence-corrected chi connectivity index (χ0v) is 10.3. The van der Waals surface area contributed by atoms with Gasteiger partial charge in [-0.15, -0.1) is 11.8 Å². The van der Waals surface area contributed by atoms with Gasteiger partial charge in [0.15, 0.2) is 0 Å². The lowest BCUT2D eigenvalue weighted by Crippen LogP contribution is -2.36. The Hall–Kier alpha value is -1.73. The number of nitrogens with one attached hydrogen (secondary N) is 2. The molecule has 2 rings (SSSR count). The molecule has 0 spiro atoms. The molecule has 1 aromatic rings. The van der Waals surface area contributed by atoms with Gasteiger partial charge in [0.25, 0.3) is 0 Å². The van der Waals surface area contributed by atoms with Crippen molar-refractivity contribution in [3.63, 3.8) is 0 Å². The first kappa shape index (κ1) is 12.7. The molecule has 0 saturated carbocycles. The minimum absolute atomic E-state index is 0.0353. The summed E-state index contributed by atoms with van der Waals surface area (Å²) in [5.41, 5.74) is 6.86. The number of benzene rings is 1. The van der Waals surface area contributed by atoms with Crippen molar-refractivity contribution in [2.24, 2.45) is 5.73 Å². The van der Waals surface area contributed by atoms with E-state index < -0.39 is 12.0 Å². The molecule has 1 amide bonds. The molecule has 0 saturated heterocycles. The number of amides is 1. The Labute approximate surface area is 108 Å². The van der Waals surface area contributed by atoms with Crippen LogP contribution in [0.25, 0.3) is 0 Å². The zero-order valence-electron chi connectivity index (χ0n) is 9.47. The number of anilines is 2. The number of carbonyl (C=O) groups is 2. The summed E-state index contributed by atoms with van der Waals surface area (Å²) in [6.07, 6.45) is 0. The predicted octanol–water partition coefficient (Wildman–Crippen LogP) is 0.555. The summed E-state index contributed by atoms with van der Waals surface area (Å²) in [6, 6.07) is 4.53. The Bertz CT molecular complexity index is 492. The first-order chi connectivity index (χ1) is 8.56. The minimum atomic E-state index is -1.05. The van der Waals surface area contributed by atoms with Gasteiger partial charge >= 0.3 is 5.97 Å². The summed E-state index contributed by atoms with van der Waals surface area (Å²) in [6.45, 7) is 0.134. The van der Waals surface area contributed by atoms with Crippen molar-refractivity contribution in [2.75, 3.05) is 22.9 Å². The molecule has 96 valence electrons. The fourth-order valence-electron chi connectivity index (χ4n) is 1.51. The first-order valence-corrected chi connectivity index (χ1v) is 6.34. The maximum atomic E-state index is 11.2. The molecule has 1 aromatic carbocycles. The van der Waals surface area contributed by atoms with Gasteiger partial charge in [0.2, 0.25) is 5.91 Å². The van der Waals surface area contributed by atoms with E-state index in [1.807, 2.05) is 12.1 Å². The van der Waals surface area contributed by atoms with Crippen LogP contribution in [0.5, 0.6) is 0 Å². The number of hydrogen-bond acceptors (Lipinski definition) is 5. The molecule has 6 nitrogen and oxygen atoms in total. The second kappa shape index (κ2) is 5.28. The van der Waals surface area contributed by atoms with Gasteiger partial charge in [0, 0.05) is 17.1 Å². The van der Waals surface area contributed by atoms with Gasteiger partial charge in [0.1, 0.15) is 6.04 Å². The van der Waals surface area contributed by atoms with E-state index in [-0.39, 0.29) is 12.5 Å². The van der Waals surface area contributed by atoms with Crippen molar-refractivity contribution in [2.45, 2.75) is 10.9 Å². The number of carboxylic acid groups (broad SMARTS) is 1. The number of nitrogens with two attached hydrogens (primary N) is 1. The normalized spacial score (nSPS) is 15.5. The molecule has 0 fully saturated rings. The molecule has 1 aliphatic heterocycles. The summed E-state index contributed by atoms with van der Waals surface area (Å²) < 4.78 is 0. The summed E-state index contributed by atoms with van der Waals surface area (Å²) in [5, 5.41) is 14.3. The molecule has 1 heterocycles. The van der Waals surface area contributed by atoms with Crippen molar-refractivity contribution >= 4 is 35.0 Å². The van der Waals surface area contributed by atoms with E-state index in [0.717, 1.165) is 16.3 Å². The van der Waals surface area contributed by atoms with Crippen molar-refractivity contribution in [3.8, 4) is 0 Å². The van der Waals surface area contributed by atoms with Gasteiger partial charge in [-0.05, 0) is 18.2 Å². The summed E-state index contributed by atoms with van der Waals surface area (Å²) in [5.74, 6) is -0.667. The Balaban J connectivity index is 2.04. The lowest BCUT2D eigenvalue weighted by Gasteiger charge is -2.18. The van der Waals surface area contributed by atoms with E-state index >= 15 is 0 Å². The van der Waals surface area contributed by atoms with Crippen LogP contribution in [0, 0.1) is 0 Å². The molecule has 7 heteroatoms. The quantitative estimate of drug-likeness (QED) is 0.635. The number of hydrogen-bond donors (Lipinski definition) is 4. The SMILES string of the molecule is NC(CNc1ccc2c(c1)NC(=O)CS2)C(=O)O. The highest BCUT2D eigenvalue weighted by molar-refractivity contribution is 8.00. The van der Waals surface area contributed by atoms with Crippen molar-refractivity contribution in [1.82, 2.24) is 0 Å². The predicted molar refractivity (Wildman–Crippen MR) is 69.9 cm³/mol. The first-order valence-electron chi connectivity index (χ1n) is 5.35. The lowest BCUT2D eigenvalue weighted by molar-refractivity contribution is -0.138. The van der Waals surface area contributed by atoms with Crippen LogP contribution in [0.4, 0.5) is 11.4 Å². The molecular weight excluding hydrogens is 254 g/mol. The Morgan fingerprint density at radius 3 is 3.11 bits per heavy atom. The monoisotopic (exact) mass is 267 g/mol. The molecule has 5 N–H and O–H groups in total. The highest BCUT2D eigenvalue weighted by Crippen LogP contribution is 2.33. The molecule has 1 atom stereocenters. The Kier molecular flexibility index (Phi) is 3.73. The summed E-state index contributed by atoms with van der Waals surface area (Å²) >= 11 is 1.48. The molecule has 18 heavy (non-hydrogen) atoms. The topological polar surface area (TPSA) is 104 Å². The maximum absolute atomic E-state index is 11.2. The van der Waals surface area contributed by atoms with Crippen molar-refractivity contribution in [1.29, 1.82) is 0 Å². The lowest BCUT2D eigenvalue weighted by atomic mass is 10.2. The summed E-state index contributed by atoms with van der Waals surface area (Å²) in [4.78, 5) is 22.8. The molecular formula is C11H13N3O3S. The van der Waals surface area contributed by atoms with Crippen LogP contribution in [0.15, 0.2) is 23.1 Å². The van der Waals surface area contributed by atoms with E-state index in [1.54, 1.807) is 6.07 Å². The standard InChI is InChI=1S/C11H13N3O3S/c12-7(11(16)17)4-13-6-1-2-9-8(3-6)14-10(15)5-18-9/h1-3,7,13H,4-5,12H2,(H,14,15)(H,16,17). The van der Waals surface area contributed by atoms with Crippen LogP contribution in [0.3, 0.4) is 0 Å². The number of fused-ring (bicyclic) bond motifs is 1. The van der Waals surface area contributed by atoms with Crippen molar-refractivity contribution in [3.05, 3.63) is 18.2 Å². The maximum Gasteiger partial charge on any atom is 0.322 e. The molecule has 1 unspecified atom stereocenters. The van der Waals surface area contributed by atoms with Gasteiger partial charge in [0.05, 0.1) is 11.4 Å². The Morgan fingerprint density at radius 1 is 1.61 bits per heavy atom.